The van der Waals surface area contributed by atoms with E-state index in [1.807, 2.05) is 0 Å². The van der Waals surface area contributed by atoms with E-state index in [9.17, 15) is 14.7 Å². The molecule has 2 heterocycles. The summed E-state index contributed by atoms with van der Waals surface area (Å²) in [5.74, 6) is 0.271. The number of hydrogen-bond acceptors (Lipinski definition) is 6. The molecule has 2 rings (SSSR count). The van der Waals surface area contributed by atoms with Crippen LogP contribution >= 0.6 is 0 Å². The van der Waals surface area contributed by atoms with Crippen molar-refractivity contribution in [3.8, 4) is 0 Å². The summed E-state index contributed by atoms with van der Waals surface area (Å²) >= 11 is 0. The number of amides is 2. The predicted octanol–water partition coefficient (Wildman–Crippen LogP) is -0.106. The fourth-order valence-corrected chi connectivity index (χ4v) is 2.13. The number of aliphatic hydroxyl groups is 1. The van der Waals surface area contributed by atoms with Gasteiger partial charge in [0.05, 0.1) is 25.0 Å². The maximum absolute atomic E-state index is 11.8. The standard InChI is InChI=1S/C14H20N2O5/c1-16-13(18)5-4-12(14(16)19)15-7-10(17)8-20-9-11-3-2-6-21-11/h2-3,6,10,12,15,17H,4-5,7-9H2,1H3. The highest BCUT2D eigenvalue weighted by molar-refractivity contribution is 6.00. The van der Waals surface area contributed by atoms with Gasteiger partial charge in [-0.15, -0.1) is 0 Å². The van der Waals surface area contributed by atoms with Gasteiger partial charge in [0.25, 0.3) is 0 Å². The second kappa shape index (κ2) is 7.35. The molecule has 0 aromatic carbocycles. The van der Waals surface area contributed by atoms with Crippen LogP contribution in [0.1, 0.15) is 18.6 Å². The summed E-state index contributed by atoms with van der Waals surface area (Å²) in [6.45, 7) is 0.670. The van der Waals surface area contributed by atoms with Gasteiger partial charge in [-0.25, -0.2) is 0 Å². The molecular formula is C14H20N2O5. The van der Waals surface area contributed by atoms with Crippen LogP contribution in [0, 0.1) is 0 Å². The molecule has 7 heteroatoms. The van der Waals surface area contributed by atoms with E-state index in [0.29, 0.717) is 25.2 Å². The number of furan rings is 1. The number of ether oxygens (including phenoxy) is 1. The number of nitrogens with zero attached hydrogens (tertiary/aromatic N) is 1. The fourth-order valence-electron chi connectivity index (χ4n) is 2.13. The number of carbonyl (C=O) groups is 2. The van der Waals surface area contributed by atoms with E-state index >= 15 is 0 Å². The lowest BCUT2D eigenvalue weighted by atomic mass is 10.0. The molecule has 1 aromatic rings. The average Bonchev–Trinajstić information content (AvgIpc) is 2.97. The number of likely N-dealkylation sites (tertiary alicyclic amines) is 1. The van der Waals surface area contributed by atoms with Gasteiger partial charge in [-0.05, 0) is 18.6 Å². The van der Waals surface area contributed by atoms with E-state index in [-0.39, 0.29) is 25.0 Å². The third-order valence-corrected chi connectivity index (χ3v) is 3.38. The Hall–Kier alpha value is -1.70. The average molecular weight is 296 g/mol. The van der Waals surface area contributed by atoms with Crippen LogP contribution in [0.15, 0.2) is 22.8 Å². The molecule has 2 atom stereocenters. The van der Waals surface area contributed by atoms with Gasteiger partial charge in [-0.3, -0.25) is 14.5 Å². The van der Waals surface area contributed by atoms with Gasteiger partial charge in [0, 0.05) is 20.0 Å². The Morgan fingerprint density at radius 2 is 2.38 bits per heavy atom. The van der Waals surface area contributed by atoms with Crippen LogP contribution in [0.2, 0.25) is 0 Å². The van der Waals surface area contributed by atoms with E-state index in [2.05, 4.69) is 5.32 Å². The van der Waals surface area contributed by atoms with E-state index in [1.165, 1.54) is 7.05 Å². The van der Waals surface area contributed by atoms with Crippen LogP contribution in [-0.4, -0.2) is 54.2 Å². The molecular weight excluding hydrogens is 276 g/mol. The minimum atomic E-state index is -0.726. The number of nitrogens with one attached hydrogen (secondary N) is 1. The summed E-state index contributed by atoms with van der Waals surface area (Å²) in [6, 6.07) is 3.13. The highest BCUT2D eigenvalue weighted by Gasteiger charge is 2.31. The first-order chi connectivity index (χ1) is 10.1. The Morgan fingerprint density at radius 3 is 3.10 bits per heavy atom. The number of rotatable bonds is 7. The molecule has 0 radical (unpaired) electrons. The molecule has 7 nitrogen and oxygen atoms in total. The van der Waals surface area contributed by atoms with Gasteiger partial charge in [0.1, 0.15) is 12.4 Å². The second-order valence-corrected chi connectivity index (χ2v) is 5.04. The van der Waals surface area contributed by atoms with Crippen molar-refractivity contribution in [3.05, 3.63) is 24.2 Å². The van der Waals surface area contributed by atoms with Gasteiger partial charge in [0.2, 0.25) is 11.8 Å². The zero-order valence-electron chi connectivity index (χ0n) is 11.9. The number of imide groups is 1. The molecule has 21 heavy (non-hydrogen) atoms. The minimum Gasteiger partial charge on any atom is -0.467 e. The first kappa shape index (κ1) is 15.7. The van der Waals surface area contributed by atoms with Crippen LogP contribution in [0.4, 0.5) is 0 Å². The summed E-state index contributed by atoms with van der Waals surface area (Å²) < 4.78 is 10.4. The summed E-state index contributed by atoms with van der Waals surface area (Å²) in [5, 5.41) is 12.8. The van der Waals surface area contributed by atoms with Crippen molar-refractivity contribution >= 4 is 11.8 Å². The molecule has 0 aliphatic carbocycles. The van der Waals surface area contributed by atoms with Crippen LogP contribution < -0.4 is 5.32 Å². The van der Waals surface area contributed by atoms with Gasteiger partial charge < -0.3 is 19.6 Å². The maximum atomic E-state index is 11.8. The lowest BCUT2D eigenvalue weighted by Gasteiger charge is -2.28. The molecule has 0 bridgehead atoms. The lowest BCUT2D eigenvalue weighted by molar-refractivity contribution is -0.148. The Morgan fingerprint density at radius 1 is 1.57 bits per heavy atom. The third-order valence-electron chi connectivity index (χ3n) is 3.38. The van der Waals surface area contributed by atoms with Crippen LogP contribution in [-0.2, 0) is 20.9 Å². The maximum Gasteiger partial charge on any atom is 0.246 e. The Labute approximate surface area is 122 Å². The van der Waals surface area contributed by atoms with Gasteiger partial charge in [0.15, 0.2) is 0 Å². The number of hydrogen-bond donors (Lipinski definition) is 2. The molecule has 1 saturated heterocycles. The number of aliphatic hydroxyl groups excluding tert-OH is 1. The van der Waals surface area contributed by atoms with E-state index in [1.54, 1.807) is 18.4 Å². The summed E-state index contributed by atoms with van der Waals surface area (Å²) in [4.78, 5) is 24.3. The predicted molar refractivity (Wildman–Crippen MR) is 73.2 cm³/mol. The van der Waals surface area contributed by atoms with Crippen molar-refractivity contribution in [3.63, 3.8) is 0 Å². The topological polar surface area (TPSA) is 92.0 Å². The highest BCUT2D eigenvalue weighted by atomic mass is 16.5. The van der Waals surface area contributed by atoms with Crippen molar-refractivity contribution in [2.24, 2.45) is 0 Å². The van der Waals surface area contributed by atoms with Crippen molar-refractivity contribution in [2.75, 3.05) is 20.2 Å². The van der Waals surface area contributed by atoms with Crippen molar-refractivity contribution < 1.29 is 23.8 Å². The monoisotopic (exact) mass is 296 g/mol. The molecule has 1 aliphatic rings. The molecule has 1 aliphatic heterocycles. The molecule has 0 spiro atoms. The van der Waals surface area contributed by atoms with Gasteiger partial charge in [-0.1, -0.05) is 0 Å². The van der Waals surface area contributed by atoms with Crippen molar-refractivity contribution in [1.82, 2.24) is 10.2 Å². The lowest BCUT2D eigenvalue weighted by Crippen LogP contribution is -2.53. The zero-order chi connectivity index (χ0) is 15.2. The van der Waals surface area contributed by atoms with Gasteiger partial charge >= 0.3 is 0 Å². The van der Waals surface area contributed by atoms with Crippen LogP contribution in [0.5, 0.6) is 0 Å². The molecule has 1 aromatic heterocycles. The third kappa shape index (κ3) is 4.38. The van der Waals surface area contributed by atoms with Gasteiger partial charge in [-0.2, -0.15) is 0 Å². The Bertz CT molecular complexity index is 474. The van der Waals surface area contributed by atoms with Crippen LogP contribution in [0.3, 0.4) is 0 Å². The number of piperidine rings is 1. The van der Waals surface area contributed by atoms with E-state index in [4.69, 9.17) is 9.15 Å². The Balaban J connectivity index is 1.65. The fraction of sp³-hybridized carbons (Fsp3) is 0.571. The van der Waals surface area contributed by atoms with Crippen LogP contribution in [0.25, 0.3) is 0 Å². The van der Waals surface area contributed by atoms with Crippen molar-refractivity contribution in [2.45, 2.75) is 31.6 Å². The first-order valence-electron chi connectivity index (χ1n) is 6.90. The number of likely N-dealkylation sites (N-methyl/N-ethyl adjacent to an activating group) is 1. The smallest absolute Gasteiger partial charge is 0.246 e. The molecule has 116 valence electrons. The van der Waals surface area contributed by atoms with E-state index in [0.717, 1.165) is 4.90 Å². The molecule has 2 N–H and O–H groups in total. The quantitative estimate of drug-likeness (QED) is 0.682. The molecule has 1 fully saturated rings. The molecule has 2 unspecified atom stereocenters. The molecule has 2 amide bonds. The Kier molecular flexibility index (Phi) is 5.49. The normalized spacial score (nSPS) is 20.9. The number of carbonyl (C=O) groups excluding carboxylic acids is 2. The van der Waals surface area contributed by atoms with Crippen molar-refractivity contribution in [1.29, 1.82) is 0 Å². The second-order valence-electron chi connectivity index (χ2n) is 5.04. The highest BCUT2D eigenvalue weighted by Crippen LogP contribution is 2.11. The summed E-state index contributed by atoms with van der Waals surface area (Å²) in [7, 11) is 1.47. The summed E-state index contributed by atoms with van der Waals surface area (Å²) in [5.41, 5.74) is 0. The zero-order valence-corrected chi connectivity index (χ0v) is 11.9. The SMILES string of the molecule is CN1C(=O)CCC(NCC(O)COCc2ccco2)C1=O. The largest absolute Gasteiger partial charge is 0.467 e. The first-order valence-corrected chi connectivity index (χ1v) is 6.90. The van der Waals surface area contributed by atoms with E-state index < -0.39 is 12.1 Å². The minimum absolute atomic E-state index is 0.142. The molecule has 0 saturated carbocycles. The summed E-state index contributed by atoms with van der Waals surface area (Å²) in [6.07, 6.45) is 1.63.